The van der Waals surface area contributed by atoms with E-state index in [1.807, 2.05) is 12.3 Å². The van der Waals surface area contributed by atoms with Gasteiger partial charge in [0.2, 0.25) is 0 Å². The summed E-state index contributed by atoms with van der Waals surface area (Å²) in [5.74, 6) is 0. The van der Waals surface area contributed by atoms with E-state index in [0.29, 0.717) is 6.04 Å². The van der Waals surface area contributed by atoms with E-state index >= 15 is 0 Å². The minimum absolute atomic E-state index is 0.595. The Morgan fingerprint density at radius 2 is 2.08 bits per heavy atom. The van der Waals surface area contributed by atoms with Crippen molar-refractivity contribution in [1.82, 2.24) is 19.7 Å². The minimum atomic E-state index is 0.595. The summed E-state index contributed by atoms with van der Waals surface area (Å²) in [4.78, 5) is 7.07. The molecule has 2 heterocycles. The van der Waals surface area contributed by atoms with Gasteiger partial charge in [-0.1, -0.05) is 18.2 Å². The topological polar surface area (TPSA) is 46.0 Å². The van der Waals surface area contributed by atoms with Crippen molar-refractivity contribution in [2.45, 2.75) is 25.3 Å². The molecule has 0 saturated heterocycles. The average molecular weight is 335 g/mol. The Labute approximate surface area is 148 Å². The molecule has 2 aromatic heterocycles. The molecule has 0 unspecified atom stereocenters. The molecular formula is C20H25N5. The Hall–Kier alpha value is -2.40. The molecule has 1 aliphatic carbocycles. The summed E-state index contributed by atoms with van der Waals surface area (Å²) in [6.45, 7) is 2.03. The molecule has 0 aliphatic heterocycles. The molecule has 3 aromatic rings. The largest absolute Gasteiger partial charge is 0.384 e. The van der Waals surface area contributed by atoms with Crippen molar-refractivity contribution in [3.8, 4) is 11.3 Å². The smallest absolute Gasteiger partial charge is 0.0761 e. The molecule has 1 aliphatic rings. The maximum atomic E-state index is 4.85. The number of pyridine rings is 1. The van der Waals surface area contributed by atoms with Gasteiger partial charge in [0.15, 0.2) is 0 Å². The van der Waals surface area contributed by atoms with Crippen LogP contribution in [0.4, 0.5) is 5.69 Å². The summed E-state index contributed by atoms with van der Waals surface area (Å²) in [7, 11) is 4.22. The predicted octanol–water partition coefficient (Wildman–Crippen LogP) is 3.80. The molecule has 0 radical (unpaired) electrons. The number of nitrogens with one attached hydrogen (secondary N) is 1. The quantitative estimate of drug-likeness (QED) is 0.667. The maximum Gasteiger partial charge on any atom is 0.0761 e. The van der Waals surface area contributed by atoms with Crippen LogP contribution in [0.2, 0.25) is 0 Å². The number of hydrogen-bond donors (Lipinski definition) is 1. The van der Waals surface area contributed by atoms with E-state index < -0.39 is 0 Å². The van der Waals surface area contributed by atoms with Crippen LogP contribution in [0.25, 0.3) is 22.2 Å². The number of hydrogen-bond acceptors (Lipinski definition) is 4. The van der Waals surface area contributed by atoms with Gasteiger partial charge in [-0.15, -0.1) is 0 Å². The minimum Gasteiger partial charge on any atom is -0.384 e. The summed E-state index contributed by atoms with van der Waals surface area (Å²) in [5, 5.41) is 9.28. The van der Waals surface area contributed by atoms with Crippen molar-refractivity contribution in [3.05, 3.63) is 42.7 Å². The molecule has 0 atom stereocenters. The Balaban J connectivity index is 1.62. The Morgan fingerprint density at radius 3 is 2.88 bits per heavy atom. The van der Waals surface area contributed by atoms with Gasteiger partial charge in [-0.05, 0) is 52.0 Å². The third kappa shape index (κ3) is 3.66. The fourth-order valence-corrected chi connectivity index (χ4v) is 3.10. The van der Waals surface area contributed by atoms with Crippen LogP contribution in [-0.4, -0.2) is 46.8 Å². The highest BCUT2D eigenvalue weighted by Gasteiger charge is 2.24. The third-order valence-corrected chi connectivity index (χ3v) is 4.63. The lowest BCUT2D eigenvalue weighted by molar-refractivity contribution is 0.405. The van der Waals surface area contributed by atoms with Gasteiger partial charge in [0, 0.05) is 29.4 Å². The standard InChI is InChI=1S/C20H25N5/c1-24(2)11-5-10-21-20-12-19(23-18-7-4-3-6-17(18)20)15-13-22-25(14-15)16-8-9-16/h3-4,6-7,12-14,16H,5,8-11H2,1-2H3,(H,21,23). The summed E-state index contributed by atoms with van der Waals surface area (Å²) >= 11 is 0. The Morgan fingerprint density at radius 1 is 1.24 bits per heavy atom. The number of rotatable bonds is 7. The normalized spacial score (nSPS) is 14.4. The lowest BCUT2D eigenvalue weighted by Gasteiger charge is -2.13. The number of benzene rings is 1. The van der Waals surface area contributed by atoms with Gasteiger partial charge in [0.1, 0.15) is 0 Å². The highest BCUT2D eigenvalue weighted by molar-refractivity contribution is 5.93. The molecular weight excluding hydrogens is 310 g/mol. The monoisotopic (exact) mass is 335 g/mol. The highest BCUT2D eigenvalue weighted by atomic mass is 15.3. The van der Waals surface area contributed by atoms with Crippen molar-refractivity contribution in [3.63, 3.8) is 0 Å². The fourth-order valence-electron chi connectivity index (χ4n) is 3.10. The first kappa shape index (κ1) is 16.1. The molecule has 0 amide bonds. The molecule has 1 fully saturated rings. The van der Waals surface area contributed by atoms with Crippen molar-refractivity contribution < 1.29 is 0 Å². The van der Waals surface area contributed by atoms with Gasteiger partial charge < -0.3 is 10.2 Å². The molecule has 5 heteroatoms. The van der Waals surface area contributed by atoms with Gasteiger partial charge >= 0.3 is 0 Å². The van der Waals surface area contributed by atoms with E-state index in [0.717, 1.165) is 42.0 Å². The van der Waals surface area contributed by atoms with Crippen LogP contribution < -0.4 is 5.32 Å². The van der Waals surface area contributed by atoms with Crippen LogP contribution in [0.15, 0.2) is 42.7 Å². The zero-order valence-corrected chi connectivity index (χ0v) is 14.9. The van der Waals surface area contributed by atoms with Crippen molar-refractivity contribution >= 4 is 16.6 Å². The first-order chi connectivity index (χ1) is 12.2. The van der Waals surface area contributed by atoms with E-state index in [-0.39, 0.29) is 0 Å². The summed E-state index contributed by atoms with van der Waals surface area (Å²) in [5.41, 5.74) is 4.25. The van der Waals surface area contributed by atoms with E-state index in [1.54, 1.807) is 0 Å². The van der Waals surface area contributed by atoms with Gasteiger partial charge in [0.05, 0.1) is 23.4 Å². The number of anilines is 1. The maximum absolute atomic E-state index is 4.85. The second kappa shape index (κ2) is 6.84. The van der Waals surface area contributed by atoms with E-state index in [4.69, 9.17) is 4.98 Å². The van der Waals surface area contributed by atoms with Crippen LogP contribution >= 0.6 is 0 Å². The summed E-state index contributed by atoms with van der Waals surface area (Å²) in [6.07, 6.45) is 7.66. The van der Waals surface area contributed by atoms with Crippen LogP contribution in [0.3, 0.4) is 0 Å². The first-order valence-corrected chi connectivity index (χ1v) is 9.03. The van der Waals surface area contributed by atoms with Gasteiger partial charge in [-0.2, -0.15) is 5.10 Å². The predicted molar refractivity (Wildman–Crippen MR) is 103 cm³/mol. The highest BCUT2D eigenvalue weighted by Crippen LogP contribution is 2.35. The molecule has 1 aromatic carbocycles. The molecule has 1 N–H and O–H groups in total. The molecule has 4 rings (SSSR count). The van der Waals surface area contributed by atoms with E-state index in [1.165, 1.54) is 18.2 Å². The van der Waals surface area contributed by atoms with Gasteiger partial charge in [-0.25, -0.2) is 4.98 Å². The van der Waals surface area contributed by atoms with Crippen LogP contribution in [0.5, 0.6) is 0 Å². The molecule has 5 nitrogen and oxygen atoms in total. The first-order valence-electron chi connectivity index (χ1n) is 9.03. The van der Waals surface area contributed by atoms with E-state index in [9.17, 15) is 0 Å². The Bertz CT molecular complexity index is 863. The second-order valence-electron chi connectivity index (χ2n) is 7.10. The lowest BCUT2D eigenvalue weighted by atomic mass is 10.1. The van der Waals surface area contributed by atoms with Crippen molar-refractivity contribution in [2.24, 2.45) is 0 Å². The van der Waals surface area contributed by atoms with Crippen LogP contribution in [0, 0.1) is 0 Å². The fraction of sp³-hybridized carbons (Fsp3) is 0.400. The number of fused-ring (bicyclic) bond motifs is 1. The third-order valence-electron chi connectivity index (χ3n) is 4.63. The number of para-hydroxylation sites is 1. The molecule has 130 valence electrons. The number of aromatic nitrogens is 3. The second-order valence-corrected chi connectivity index (χ2v) is 7.10. The lowest BCUT2D eigenvalue weighted by Crippen LogP contribution is -2.16. The molecule has 0 bridgehead atoms. The summed E-state index contributed by atoms with van der Waals surface area (Å²) in [6, 6.07) is 11.1. The molecule has 1 saturated carbocycles. The SMILES string of the molecule is CN(C)CCCNc1cc(-c2cnn(C3CC3)c2)nc2ccccc12. The van der Waals surface area contributed by atoms with Gasteiger partial charge in [-0.3, -0.25) is 4.68 Å². The zero-order valence-electron chi connectivity index (χ0n) is 14.9. The van der Waals surface area contributed by atoms with Crippen molar-refractivity contribution in [1.29, 1.82) is 0 Å². The van der Waals surface area contributed by atoms with Crippen molar-refractivity contribution in [2.75, 3.05) is 32.5 Å². The average Bonchev–Trinajstić information content (AvgIpc) is 3.35. The van der Waals surface area contributed by atoms with Crippen LogP contribution in [-0.2, 0) is 0 Å². The molecule has 25 heavy (non-hydrogen) atoms. The number of nitrogens with zero attached hydrogens (tertiary/aromatic N) is 4. The van der Waals surface area contributed by atoms with Gasteiger partial charge in [0.25, 0.3) is 0 Å². The zero-order chi connectivity index (χ0) is 17.2. The van der Waals surface area contributed by atoms with E-state index in [2.05, 4.69) is 64.6 Å². The van der Waals surface area contributed by atoms with Crippen LogP contribution in [0.1, 0.15) is 25.3 Å². The summed E-state index contributed by atoms with van der Waals surface area (Å²) < 4.78 is 2.08. The molecule has 0 spiro atoms. The Kier molecular flexibility index (Phi) is 4.40.